The van der Waals surface area contributed by atoms with Crippen LogP contribution in [0.3, 0.4) is 0 Å². The Balaban J connectivity index is 2.15. The SMILES string of the molecule is C=CC(=C)N(CC(=C)CC1=CC(C)=C(C)C=C(C)C1C)C(=C)N(C)Cc1ccccc1. The lowest BCUT2D eigenvalue weighted by atomic mass is 9.89. The van der Waals surface area contributed by atoms with Gasteiger partial charge < -0.3 is 9.80 Å². The van der Waals surface area contributed by atoms with Crippen molar-refractivity contribution in [1.29, 1.82) is 0 Å². The third-order valence-electron chi connectivity index (χ3n) is 6.14. The van der Waals surface area contributed by atoms with Crippen molar-refractivity contribution in [1.82, 2.24) is 9.80 Å². The zero-order valence-electron chi connectivity index (χ0n) is 20.0. The summed E-state index contributed by atoms with van der Waals surface area (Å²) in [5.74, 6) is 1.30. The molecule has 0 N–H and O–H groups in total. The van der Waals surface area contributed by atoms with Gasteiger partial charge in [0.2, 0.25) is 0 Å². The fourth-order valence-electron chi connectivity index (χ4n) is 3.79. The standard InChI is InChI=1S/C29H38N2/c1-10-25(6)31(27(8)30(9)20-28-14-12-11-13-15-28)19-21(2)16-29-18-23(4)22(3)17-24(5)26(29)7/h10-15,17-18,26H,1-2,6,8,16,19-20H2,3-5,7,9H3. The Kier molecular flexibility index (Phi) is 8.50. The van der Waals surface area contributed by atoms with Crippen LogP contribution >= 0.6 is 0 Å². The highest BCUT2D eigenvalue weighted by molar-refractivity contribution is 5.42. The Labute approximate surface area is 190 Å². The van der Waals surface area contributed by atoms with Crippen molar-refractivity contribution in [3.63, 3.8) is 0 Å². The lowest BCUT2D eigenvalue weighted by Gasteiger charge is -2.34. The van der Waals surface area contributed by atoms with Gasteiger partial charge in [0.1, 0.15) is 5.82 Å². The smallest absolute Gasteiger partial charge is 0.101 e. The molecule has 0 heterocycles. The maximum Gasteiger partial charge on any atom is 0.101 e. The Morgan fingerprint density at radius 1 is 1.00 bits per heavy atom. The largest absolute Gasteiger partial charge is 0.357 e. The number of benzene rings is 1. The topological polar surface area (TPSA) is 6.48 Å². The highest BCUT2D eigenvalue weighted by atomic mass is 15.3. The third-order valence-corrected chi connectivity index (χ3v) is 6.14. The predicted molar refractivity (Wildman–Crippen MR) is 136 cm³/mol. The van der Waals surface area contributed by atoms with Gasteiger partial charge in [0.05, 0.1) is 0 Å². The molecule has 1 aliphatic carbocycles. The van der Waals surface area contributed by atoms with Gasteiger partial charge in [0, 0.05) is 25.8 Å². The van der Waals surface area contributed by atoms with E-state index >= 15 is 0 Å². The fraction of sp³-hybridized carbons (Fsp3) is 0.310. The van der Waals surface area contributed by atoms with Crippen molar-refractivity contribution in [2.75, 3.05) is 13.6 Å². The maximum absolute atomic E-state index is 4.41. The minimum absolute atomic E-state index is 0.407. The molecule has 164 valence electrons. The van der Waals surface area contributed by atoms with Crippen LogP contribution in [0.25, 0.3) is 0 Å². The summed E-state index contributed by atoms with van der Waals surface area (Å²) in [6.45, 7) is 27.2. The molecule has 1 unspecified atom stereocenters. The van der Waals surface area contributed by atoms with E-state index in [1.54, 1.807) is 6.08 Å². The molecule has 2 nitrogen and oxygen atoms in total. The quantitative estimate of drug-likeness (QED) is 0.291. The van der Waals surface area contributed by atoms with Gasteiger partial charge in [-0.25, -0.2) is 0 Å². The Morgan fingerprint density at radius 2 is 1.61 bits per heavy atom. The summed E-state index contributed by atoms with van der Waals surface area (Å²) in [5.41, 5.74) is 8.67. The van der Waals surface area contributed by atoms with Crippen LogP contribution in [0.5, 0.6) is 0 Å². The molecule has 2 rings (SSSR count). The van der Waals surface area contributed by atoms with Crippen LogP contribution in [0.1, 0.15) is 39.7 Å². The molecule has 1 aliphatic rings. The summed E-state index contributed by atoms with van der Waals surface area (Å²) in [7, 11) is 2.06. The van der Waals surface area contributed by atoms with E-state index in [1.807, 2.05) is 6.07 Å². The molecule has 0 aromatic heterocycles. The summed E-state index contributed by atoms with van der Waals surface area (Å²) >= 11 is 0. The van der Waals surface area contributed by atoms with Crippen LogP contribution in [-0.2, 0) is 6.54 Å². The van der Waals surface area contributed by atoms with E-state index in [2.05, 4.69) is 107 Å². The predicted octanol–water partition coefficient (Wildman–Crippen LogP) is 7.40. The Bertz CT molecular complexity index is 940. The van der Waals surface area contributed by atoms with E-state index in [9.17, 15) is 0 Å². The summed E-state index contributed by atoms with van der Waals surface area (Å²) in [5, 5.41) is 0. The normalized spacial score (nSPS) is 16.1. The second kappa shape index (κ2) is 10.9. The van der Waals surface area contributed by atoms with Crippen LogP contribution in [-0.4, -0.2) is 23.4 Å². The van der Waals surface area contributed by atoms with Gasteiger partial charge in [-0.3, -0.25) is 0 Å². The molecule has 0 fully saturated rings. The van der Waals surface area contributed by atoms with E-state index in [4.69, 9.17) is 0 Å². The van der Waals surface area contributed by atoms with Crippen molar-refractivity contribution in [2.45, 2.75) is 40.7 Å². The summed E-state index contributed by atoms with van der Waals surface area (Å²) < 4.78 is 0. The number of rotatable bonds is 10. The van der Waals surface area contributed by atoms with Crippen molar-refractivity contribution < 1.29 is 0 Å². The second-order valence-electron chi connectivity index (χ2n) is 8.66. The van der Waals surface area contributed by atoms with E-state index in [1.165, 1.54) is 27.9 Å². The highest BCUT2D eigenvalue weighted by Crippen LogP contribution is 2.31. The molecule has 0 bridgehead atoms. The zero-order valence-corrected chi connectivity index (χ0v) is 20.0. The lowest BCUT2D eigenvalue weighted by molar-refractivity contribution is 0.287. The Hall–Kier alpha value is -3.00. The number of hydrogen-bond donors (Lipinski definition) is 0. The van der Waals surface area contributed by atoms with Gasteiger partial charge in [-0.05, 0) is 55.9 Å². The molecule has 0 aliphatic heterocycles. The fourth-order valence-corrected chi connectivity index (χ4v) is 3.79. The van der Waals surface area contributed by atoms with Crippen molar-refractivity contribution in [3.8, 4) is 0 Å². The molecule has 0 radical (unpaired) electrons. The van der Waals surface area contributed by atoms with Crippen LogP contribution in [0.2, 0.25) is 0 Å². The van der Waals surface area contributed by atoms with Crippen molar-refractivity contribution >= 4 is 0 Å². The van der Waals surface area contributed by atoms with E-state index in [-0.39, 0.29) is 0 Å². The number of allylic oxidation sites excluding steroid dienone is 7. The first-order chi connectivity index (χ1) is 14.6. The van der Waals surface area contributed by atoms with Crippen molar-refractivity contribution in [2.24, 2.45) is 5.92 Å². The van der Waals surface area contributed by atoms with Gasteiger partial charge >= 0.3 is 0 Å². The second-order valence-corrected chi connectivity index (χ2v) is 8.66. The monoisotopic (exact) mass is 414 g/mol. The average Bonchev–Trinajstić information content (AvgIpc) is 2.83. The van der Waals surface area contributed by atoms with E-state index in [0.717, 1.165) is 30.1 Å². The first-order valence-electron chi connectivity index (χ1n) is 10.9. The van der Waals surface area contributed by atoms with Gasteiger partial charge in [-0.15, -0.1) is 0 Å². The van der Waals surface area contributed by atoms with Crippen LogP contribution in [0.15, 0.2) is 114 Å². The molecular weight excluding hydrogens is 376 g/mol. The molecule has 0 saturated heterocycles. The molecule has 31 heavy (non-hydrogen) atoms. The van der Waals surface area contributed by atoms with Crippen molar-refractivity contribution in [3.05, 3.63) is 120 Å². The van der Waals surface area contributed by atoms with Crippen LogP contribution < -0.4 is 0 Å². The van der Waals surface area contributed by atoms with Gasteiger partial charge in [0.25, 0.3) is 0 Å². The Morgan fingerprint density at radius 3 is 2.23 bits per heavy atom. The molecule has 0 spiro atoms. The first kappa shape index (κ1) is 24.3. The molecule has 1 aromatic carbocycles. The number of hydrogen-bond acceptors (Lipinski definition) is 2. The van der Waals surface area contributed by atoms with Crippen LogP contribution in [0, 0.1) is 5.92 Å². The third kappa shape index (κ3) is 6.49. The minimum atomic E-state index is 0.407. The minimum Gasteiger partial charge on any atom is -0.357 e. The van der Waals surface area contributed by atoms with Gasteiger partial charge in [0.15, 0.2) is 0 Å². The average molecular weight is 415 g/mol. The summed E-state index contributed by atoms with van der Waals surface area (Å²) in [6, 6.07) is 10.4. The van der Waals surface area contributed by atoms with Crippen LogP contribution in [0.4, 0.5) is 0 Å². The number of nitrogens with zero attached hydrogens (tertiary/aromatic N) is 2. The maximum atomic E-state index is 4.41. The summed E-state index contributed by atoms with van der Waals surface area (Å²) in [4.78, 5) is 4.25. The van der Waals surface area contributed by atoms with E-state index < -0.39 is 0 Å². The van der Waals surface area contributed by atoms with Gasteiger partial charge in [-0.2, -0.15) is 0 Å². The molecule has 1 aromatic rings. The molecular formula is C29H38N2. The molecule has 0 saturated carbocycles. The lowest BCUT2D eigenvalue weighted by Crippen LogP contribution is -2.32. The van der Waals surface area contributed by atoms with E-state index in [0.29, 0.717) is 12.5 Å². The zero-order chi connectivity index (χ0) is 23.1. The molecule has 2 heteroatoms. The van der Waals surface area contributed by atoms with Gasteiger partial charge in [-0.1, -0.05) is 92.4 Å². The first-order valence-corrected chi connectivity index (χ1v) is 10.9. The summed E-state index contributed by atoms with van der Waals surface area (Å²) in [6.07, 6.45) is 7.28. The molecule has 1 atom stereocenters. The highest BCUT2D eigenvalue weighted by Gasteiger charge is 2.19. The molecule has 0 amide bonds.